The van der Waals surface area contributed by atoms with Crippen LogP contribution in [-0.2, 0) is 0 Å². The number of phenols is 1. The molecule has 3 aromatic rings. The number of halogens is 1. The number of nitrogens with zero attached hydrogens (tertiary/aromatic N) is 2. The largest absolute Gasteiger partial charge is 0.503 e. The minimum atomic E-state index is -0.612. The van der Waals surface area contributed by atoms with Gasteiger partial charge in [0.15, 0.2) is 23.0 Å². The van der Waals surface area contributed by atoms with Crippen LogP contribution < -0.4 is 24.7 Å². The Morgan fingerprint density at radius 1 is 1.31 bits per heavy atom. The Balaban J connectivity index is 1.71. The predicted octanol–water partition coefficient (Wildman–Crippen LogP) is 3.89. The molecule has 0 radical (unpaired) electrons. The SMILES string of the molecule is CCOc1cc([C@H]2C(C#N)=C(N)Oc3n[nH]c(-c4ccc5c(c4)OCO5)c32)cc(Br)c1O. The van der Waals surface area contributed by atoms with Gasteiger partial charge in [0.25, 0.3) is 0 Å². The van der Waals surface area contributed by atoms with Gasteiger partial charge in [-0.2, -0.15) is 5.26 Å². The smallest absolute Gasteiger partial charge is 0.244 e. The van der Waals surface area contributed by atoms with E-state index in [0.717, 1.165) is 5.56 Å². The molecule has 0 fully saturated rings. The Hall–Kier alpha value is -3.84. The van der Waals surface area contributed by atoms with E-state index in [0.29, 0.717) is 39.4 Å². The summed E-state index contributed by atoms with van der Waals surface area (Å²) in [6.07, 6.45) is 0. The van der Waals surface area contributed by atoms with Gasteiger partial charge in [-0.05, 0) is 58.7 Å². The van der Waals surface area contributed by atoms with Gasteiger partial charge in [0, 0.05) is 5.56 Å². The summed E-state index contributed by atoms with van der Waals surface area (Å²) in [4.78, 5) is 0. The van der Waals surface area contributed by atoms with Gasteiger partial charge in [0.1, 0.15) is 11.6 Å². The van der Waals surface area contributed by atoms with Gasteiger partial charge in [-0.3, -0.25) is 5.10 Å². The van der Waals surface area contributed by atoms with Crippen molar-refractivity contribution in [3.8, 4) is 46.2 Å². The topological polar surface area (TPSA) is 136 Å². The third-order valence-electron chi connectivity index (χ3n) is 5.28. The zero-order valence-corrected chi connectivity index (χ0v) is 18.4. The first-order chi connectivity index (χ1) is 15.5. The summed E-state index contributed by atoms with van der Waals surface area (Å²) in [5.74, 6) is 1.15. The van der Waals surface area contributed by atoms with Gasteiger partial charge in [-0.15, -0.1) is 5.10 Å². The van der Waals surface area contributed by atoms with E-state index in [2.05, 4.69) is 32.2 Å². The highest BCUT2D eigenvalue weighted by Gasteiger charge is 2.36. The second-order valence-corrected chi connectivity index (χ2v) is 7.95. The van der Waals surface area contributed by atoms with E-state index in [9.17, 15) is 10.4 Å². The lowest BCUT2D eigenvalue weighted by atomic mass is 9.83. The summed E-state index contributed by atoms with van der Waals surface area (Å²) >= 11 is 3.37. The van der Waals surface area contributed by atoms with Crippen LogP contribution in [0.5, 0.6) is 28.9 Å². The van der Waals surface area contributed by atoms with Crippen molar-refractivity contribution in [2.75, 3.05) is 13.4 Å². The molecule has 0 spiro atoms. The minimum Gasteiger partial charge on any atom is -0.503 e. The van der Waals surface area contributed by atoms with Crippen LogP contribution in [-0.4, -0.2) is 28.7 Å². The quantitative estimate of drug-likeness (QED) is 0.494. The molecule has 10 heteroatoms. The molecule has 1 aromatic heterocycles. The number of nitriles is 1. The van der Waals surface area contributed by atoms with Crippen LogP contribution >= 0.6 is 15.9 Å². The molecule has 2 aliphatic rings. The molecule has 0 saturated heterocycles. The maximum atomic E-state index is 10.4. The first-order valence-electron chi connectivity index (χ1n) is 9.72. The first kappa shape index (κ1) is 20.1. The Kier molecular flexibility index (Phi) is 4.83. The van der Waals surface area contributed by atoms with Crippen molar-refractivity contribution in [1.82, 2.24) is 10.2 Å². The van der Waals surface area contributed by atoms with Gasteiger partial charge in [0.2, 0.25) is 18.6 Å². The van der Waals surface area contributed by atoms with E-state index in [1.165, 1.54) is 0 Å². The van der Waals surface area contributed by atoms with Gasteiger partial charge in [-0.25, -0.2) is 0 Å². The van der Waals surface area contributed by atoms with Crippen molar-refractivity contribution in [3.63, 3.8) is 0 Å². The van der Waals surface area contributed by atoms with E-state index in [4.69, 9.17) is 24.7 Å². The number of aromatic nitrogens is 2. The number of hydrogen-bond donors (Lipinski definition) is 3. The lowest BCUT2D eigenvalue weighted by Gasteiger charge is -2.25. The summed E-state index contributed by atoms with van der Waals surface area (Å²) in [6.45, 7) is 2.34. The average Bonchev–Trinajstić information content (AvgIpc) is 3.42. The summed E-state index contributed by atoms with van der Waals surface area (Å²) < 4.78 is 22.6. The van der Waals surface area contributed by atoms with Gasteiger partial charge >= 0.3 is 0 Å². The monoisotopic (exact) mass is 496 g/mol. The van der Waals surface area contributed by atoms with Crippen molar-refractivity contribution in [2.24, 2.45) is 5.73 Å². The standard InChI is InChI=1S/C22H17BrN4O5/c1-2-29-16-7-11(5-13(23)20(16)28)17-12(8-24)21(25)32-22-18(17)19(26-27-22)10-3-4-14-15(6-10)31-9-30-14/h3-7,17,28H,2,9,25H2,1H3,(H,26,27)/t17-/m0/s1. The van der Waals surface area contributed by atoms with Crippen molar-refractivity contribution in [2.45, 2.75) is 12.8 Å². The third-order valence-corrected chi connectivity index (χ3v) is 5.89. The van der Waals surface area contributed by atoms with Crippen LogP contribution in [0.3, 0.4) is 0 Å². The molecule has 2 aromatic carbocycles. The van der Waals surface area contributed by atoms with Crippen LogP contribution in [0, 0.1) is 11.3 Å². The van der Waals surface area contributed by atoms with E-state index in [-0.39, 0.29) is 35.6 Å². The zero-order valence-electron chi connectivity index (χ0n) is 16.8. The molecule has 0 unspecified atom stereocenters. The number of nitrogens with one attached hydrogen (secondary N) is 1. The molecule has 1 atom stereocenters. The number of phenolic OH excluding ortho intramolecular Hbond substituents is 1. The number of H-pyrrole nitrogens is 1. The fraction of sp³-hybridized carbons (Fsp3) is 0.182. The Labute approximate surface area is 191 Å². The van der Waals surface area contributed by atoms with E-state index >= 15 is 0 Å². The molecular weight excluding hydrogens is 480 g/mol. The number of fused-ring (bicyclic) bond motifs is 2. The fourth-order valence-electron chi connectivity index (χ4n) is 3.88. The number of allylic oxidation sites excluding steroid dienone is 1. The summed E-state index contributed by atoms with van der Waals surface area (Å²) in [5, 5.41) is 27.6. The van der Waals surface area contributed by atoms with Gasteiger partial charge in [-0.1, -0.05) is 0 Å². The number of aromatic hydroxyl groups is 1. The lowest BCUT2D eigenvalue weighted by Crippen LogP contribution is -2.21. The van der Waals surface area contributed by atoms with E-state index in [1.54, 1.807) is 12.1 Å². The summed E-state index contributed by atoms with van der Waals surface area (Å²) in [7, 11) is 0. The number of nitrogens with two attached hydrogens (primary N) is 1. The van der Waals surface area contributed by atoms with Crippen molar-refractivity contribution < 1.29 is 24.1 Å². The molecule has 9 nitrogen and oxygen atoms in total. The second kappa shape index (κ2) is 7.69. The van der Waals surface area contributed by atoms with Crippen LogP contribution in [0.2, 0.25) is 0 Å². The maximum Gasteiger partial charge on any atom is 0.244 e. The predicted molar refractivity (Wildman–Crippen MR) is 116 cm³/mol. The molecule has 162 valence electrons. The highest BCUT2D eigenvalue weighted by Crippen LogP contribution is 2.49. The second-order valence-electron chi connectivity index (χ2n) is 7.09. The lowest BCUT2D eigenvalue weighted by molar-refractivity contribution is 0.174. The number of rotatable bonds is 4. The highest BCUT2D eigenvalue weighted by molar-refractivity contribution is 9.10. The van der Waals surface area contributed by atoms with Crippen LogP contribution in [0.25, 0.3) is 11.3 Å². The van der Waals surface area contributed by atoms with Crippen molar-refractivity contribution in [1.29, 1.82) is 5.26 Å². The number of aromatic amines is 1. The Morgan fingerprint density at radius 3 is 2.91 bits per heavy atom. The molecule has 0 amide bonds. The van der Waals surface area contributed by atoms with Gasteiger partial charge in [0.05, 0.1) is 28.3 Å². The molecular formula is C22H17BrN4O5. The third kappa shape index (κ3) is 3.09. The number of benzene rings is 2. The number of ether oxygens (including phenoxy) is 4. The van der Waals surface area contributed by atoms with Crippen molar-refractivity contribution in [3.05, 3.63) is 57.4 Å². The van der Waals surface area contributed by atoms with Crippen LogP contribution in [0.4, 0.5) is 0 Å². The maximum absolute atomic E-state index is 10.4. The Morgan fingerprint density at radius 2 is 2.12 bits per heavy atom. The molecule has 5 rings (SSSR count). The highest BCUT2D eigenvalue weighted by atomic mass is 79.9. The van der Waals surface area contributed by atoms with Gasteiger partial charge < -0.3 is 29.8 Å². The first-order valence-corrected chi connectivity index (χ1v) is 10.5. The molecule has 4 N–H and O–H groups in total. The van der Waals surface area contributed by atoms with Crippen LogP contribution in [0.15, 0.2) is 46.3 Å². The molecule has 2 aliphatic heterocycles. The Bertz CT molecular complexity index is 1310. The normalized spacial score (nSPS) is 16.3. The zero-order chi connectivity index (χ0) is 22.4. The minimum absolute atomic E-state index is 0.0264. The van der Waals surface area contributed by atoms with Crippen LogP contribution in [0.1, 0.15) is 24.0 Å². The summed E-state index contributed by atoms with van der Waals surface area (Å²) in [6, 6.07) is 11.1. The van der Waals surface area contributed by atoms with Crippen molar-refractivity contribution >= 4 is 15.9 Å². The molecule has 0 aliphatic carbocycles. The molecule has 32 heavy (non-hydrogen) atoms. The van der Waals surface area contributed by atoms with E-state index < -0.39 is 5.92 Å². The average molecular weight is 497 g/mol. The number of hydrogen-bond acceptors (Lipinski definition) is 8. The fourth-order valence-corrected chi connectivity index (χ4v) is 4.34. The molecule has 0 bridgehead atoms. The molecule has 3 heterocycles. The molecule has 0 saturated carbocycles. The summed E-state index contributed by atoms with van der Waals surface area (Å²) in [5.41, 5.74) is 9.02. The van der Waals surface area contributed by atoms with E-state index in [1.807, 2.05) is 25.1 Å².